The van der Waals surface area contributed by atoms with Crippen LogP contribution in [0.2, 0.25) is 5.02 Å². The van der Waals surface area contributed by atoms with Crippen LogP contribution in [0.1, 0.15) is 11.1 Å². The fourth-order valence-electron chi connectivity index (χ4n) is 1.86. The third-order valence-electron chi connectivity index (χ3n) is 2.95. The highest BCUT2D eigenvalue weighted by Gasteiger charge is 2.16. The Balaban J connectivity index is 2.27. The molecule has 0 spiro atoms. The number of hydrogen-bond acceptors (Lipinski definition) is 3. The van der Waals surface area contributed by atoms with Gasteiger partial charge in [-0.3, -0.25) is 10.1 Å². The zero-order valence-electron chi connectivity index (χ0n) is 10.7. The molecule has 0 bridgehead atoms. The average molecular weight is 295 g/mol. The standard InChI is InChI=1S/C14H12ClFN2O2/c1-9-5-6-10(16)7-13(9)17-8-11-12(15)3-2-4-14(11)18(19)20/h2-7,17H,8H2,1H3. The smallest absolute Gasteiger partial charge is 0.275 e. The normalized spacial score (nSPS) is 10.3. The predicted molar refractivity (Wildman–Crippen MR) is 76.6 cm³/mol. The summed E-state index contributed by atoms with van der Waals surface area (Å²) in [7, 11) is 0. The Hall–Kier alpha value is -2.14. The lowest BCUT2D eigenvalue weighted by molar-refractivity contribution is -0.385. The van der Waals surface area contributed by atoms with E-state index >= 15 is 0 Å². The Bertz CT molecular complexity index is 662. The van der Waals surface area contributed by atoms with Crippen molar-refractivity contribution in [3.05, 3.63) is 68.5 Å². The molecule has 0 unspecified atom stereocenters. The Morgan fingerprint density at radius 1 is 1.35 bits per heavy atom. The molecule has 104 valence electrons. The summed E-state index contributed by atoms with van der Waals surface area (Å²) in [6.07, 6.45) is 0. The molecule has 0 saturated carbocycles. The van der Waals surface area contributed by atoms with Crippen LogP contribution in [0.15, 0.2) is 36.4 Å². The minimum absolute atomic E-state index is 0.0564. The van der Waals surface area contributed by atoms with Crippen LogP contribution >= 0.6 is 11.6 Å². The highest BCUT2D eigenvalue weighted by molar-refractivity contribution is 6.31. The van der Waals surface area contributed by atoms with E-state index in [4.69, 9.17) is 11.6 Å². The van der Waals surface area contributed by atoms with Crippen molar-refractivity contribution in [2.24, 2.45) is 0 Å². The van der Waals surface area contributed by atoms with Crippen molar-refractivity contribution >= 4 is 23.0 Å². The Morgan fingerprint density at radius 3 is 2.80 bits per heavy atom. The van der Waals surface area contributed by atoms with Crippen molar-refractivity contribution in [1.82, 2.24) is 0 Å². The highest BCUT2D eigenvalue weighted by Crippen LogP contribution is 2.27. The number of nitrogens with zero attached hydrogens (tertiary/aromatic N) is 1. The first kappa shape index (κ1) is 14.3. The van der Waals surface area contributed by atoms with Crippen LogP contribution in [0.4, 0.5) is 15.8 Å². The van der Waals surface area contributed by atoms with E-state index in [1.807, 2.05) is 6.92 Å². The van der Waals surface area contributed by atoms with E-state index in [-0.39, 0.29) is 18.0 Å². The molecule has 0 aliphatic rings. The summed E-state index contributed by atoms with van der Waals surface area (Å²) < 4.78 is 13.2. The molecule has 4 nitrogen and oxygen atoms in total. The number of anilines is 1. The zero-order chi connectivity index (χ0) is 14.7. The van der Waals surface area contributed by atoms with Crippen LogP contribution in [0.25, 0.3) is 0 Å². The molecule has 2 aromatic carbocycles. The molecule has 6 heteroatoms. The maximum Gasteiger partial charge on any atom is 0.275 e. The minimum atomic E-state index is -0.485. The summed E-state index contributed by atoms with van der Waals surface area (Å²) in [5, 5.41) is 14.2. The van der Waals surface area contributed by atoms with Gasteiger partial charge in [-0.05, 0) is 30.7 Å². The van der Waals surface area contributed by atoms with E-state index < -0.39 is 4.92 Å². The van der Waals surface area contributed by atoms with Gasteiger partial charge in [-0.2, -0.15) is 0 Å². The summed E-state index contributed by atoms with van der Waals surface area (Å²) in [5.41, 5.74) is 1.75. The first-order valence-corrected chi connectivity index (χ1v) is 6.28. The molecule has 0 amide bonds. The number of rotatable bonds is 4. The number of hydrogen-bond donors (Lipinski definition) is 1. The van der Waals surface area contributed by atoms with Crippen LogP contribution in [-0.2, 0) is 6.54 Å². The van der Waals surface area contributed by atoms with E-state index in [0.717, 1.165) is 5.56 Å². The van der Waals surface area contributed by atoms with Gasteiger partial charge < -0.3 is 5.32 Å². The van der Waals surface area contributed by atoms with Gasteiger partial charge in [-0.15, -0.1) is 0 Å². The van der Waals surface area contributed by atoms with Crippen LogP contribution < -0.4 is 5.32 Å². The molecule has 0 atom stereocenters. The molecule has 0 saturated heterocycles. The number of aryl methyl sites for hydroxylation is 1. The molecule has 0 fully saturated rings. The topological polar surface area (TPSA) is 55.2 Å². The quantitative estimate of drug-likeness (QED) is 0.675. The van der Waals surface area contributed by atoms with E-state index in [1.54, 1.807) is 12.1 Å². The molecular formula is C14H12ClFN2O2. The van der Waals surface area contributed by atoms with Crippen molar-refractivity contribution < 1.29 is 9.31 Å². The van der Waals surface area contributed by atoms with E-state index in [1.165, 1.54) is 24.3 Å². The van der Waals surface area contributed by atoms with Crippen molar-refractivity contribution in [1.29, 1.82) is 0 Å². The summed E-state index contributed by atoms with van der Waals surface area (Å²) in [6.45, 7) is 1.98. The molecule has 0 heterocycles. The lowest BCUT2D eigenvalue weighted by Gasteiger charge is -2.11. The lowest BCUT2D eigenvalue weighted by atomic mass is 10.1. The van der Waals surface area contributed by atoms with Crippen LogP contribution in [-0.4, -0.2) is 4.92 Å². The third kappa shape index (κ3) is 3.05. The number of nitro groups is 1. The monoisotopic (exact) mass is 294 g/mol. The lowest BCUT2D eigenvalue weighted by Crippen LogP contribution is -2.05. The largest absolute Gasteiger partial charge is 0.380 e. The minimum Gasteiger partial charge on any atom is -0.380 e. The second kappa shape index (κ2) is 5.88. The molecule has 0 aliphatic carbocycles. The van der Waals surface area contributed by atoms with Gasteiger partial charge in [0.25, 0.3) is 5.69 Å². The Kier molecular flexibility index (Phi) is 4.20. The van der Waals surface area contributed by atoms with Gasteiger partial charge in [0.1, 0.15) is 5.82 Å². The first-order chi connectivity index (χ1) is 9.49. The molecule has 2 aromatic rings. The third-order valence-corrected chi connectivity index (χ3v) is 3.30. The van der Waals surface area contributed by atoms with Gasteiger partial charge >= 0.3 is 0 Å². The van der Waals surface area contributed by atoms with Gasteiger partial charge in [-0.25, -0.2) is 4.39 Å². The fourth-order valence-corrected chi connectivity index (χ4v) is 2.10. The Morgan fingerprint density at radius 2 is 2.10 bits per heavy atom. The SMILES string of the molecule is Cc1ccc(F)cc1NCc1c(Cl)cccc1[N+](=O)[O-]. The zero-order valence-corrected chi connectivity index (χ0v) is 11.4. The number of nitrogens with one attached hydrogen (secondary N) is 1. The Labute approximate surface area is 120 Å². The van der Waals surface area contributed by atoms with Gasteiger partial charge in [0.05, 0.1) is 15.5 Å². The molecule has 0 aliphatic heterocycles. The van der Waals surface area contributed by atoms with E-state index in [2.05, 4.69) is 5.32 Å². The first-order valence-electron chi connectivity index (χ1n) is 5.91. The van der Waals surface area contributed by atoms with Crippen molar-refractivity contribution in [3.63, 3.8) is 0 Å². The van der Waals surface area contributed by atoms with Gasteiger partial charge in [0.2, 0.25) is 0 Å². The van der Waals surface area contributed by atoms with Gasteiger partial charge in [0.15, 0.2) is 0 Å². The predicted octanol–water partition coefficient (Wildman–Crippen LogP) is 4.31. The molecule has 0 radical (unpaired) electrons. The van der Waals surface area contributed by atoms with Crippen LogP contribution in [0.5, 0.6) is 0 Å². The average Bonchev–Trinajstić information content (AvgIpc) is 2.40. The molecule has 2 rings (SSSR count). The highest BCUT2D eigenvalue weighted by atomic mass is 35.5. The molecule has 0 aromatic heterocycles. The molecule has 1 N–H and O–H groups in total. The van der Waals surface area contributed by atoms with Crippen molar-refractivity contribution in [2.75, 3.05) is 5.32 Å². The van der Waals surface area contributed by atoms with Crippen molar-refractivity contribution in [2.45, 2.75) is 13.5 Å². The summed E-state index contributed by atoms with van der Waals surface area (Å²) in [6, 6.07) is 8.85. The maximum absolute atomic E-state index is 13.2. The second-order valence-electron chi connectivity index (χ2n) is 4.31. The second-order valence-corrected chi connectivity index (χ2v) is 4.71. The summed E-state index contributed by atoms with van der Waals surface area (Å²) in [4.78, 5) is 10.5. The van der Waals surface area contributed by atoms with Gasteiger partial charge in [-0.1, -0.05) is 23.7 Å². The number of nitro benzene ring substituents is 1. The molecule has 20 heavy (non-hydrogen) atoms. The van der Waals surface area contributed by atoms with E-state index in [0.29, 0.717) is 16.3 Å². The summed E-state index contributed by atoms with van der Waals surface area (Å²) in [5.74, 6) is -0.369. The molecular weight excluding hydrogens is 283 g/mol. The van der Waals surface area contributed by atoms with Gasteiger partial charge in [0, 0.05) is 18.3 Å². The maximum atomic E-state index is 13.2. The van der Waals surface area contributed by atoms with Crippen molar-refractivity contribution in [3.8, 4) is 0 Å². The van der Waals surface area contributed by atoms with Crippen LogP contribution in [0.3, 0.4) is 0 Å². The summed E-state index contributed by atoms with van der Waals surface area (Å²) >= 11 is 5.99. The number of halogens is 2. The fraction of sp³-hybridized carbons (Fsp3) is 0.143. The van der Waals surface area contributed by atoms with E-state index in [9.17, 15) is 14.5 Å². The number of benzene rings is 2. The van der Waals surface area contributed by atoms with Crippen LogP contribution in [0, 0.1) is 22.9 Å².